The van der Waals surface area contributed by atoms with Crippen LogP contribution in [0.1, 0.15) is 46.0 Å². The van der Waals surface area contributed by atoms with Crippen LogP contribution in [0.4, 0.5) is 0 Å². The standard InChI is InChI=1S/C14H29N5/c1-3-12(2)18-8-10-19(11-9-18)14(17-15)16-13-6-4-5-7-13/h12-13H,3-11,15H2,1-2H3,(H,16,17). The van der Waals surface area contributed by atoms with Gasteiger partial charge in [-0.3, -0.25) is 10.3 Å². The summed E-state index contributed by atoms with van der Waals surface area (Å²) in [6.45, 7) is 8.84. The van der Waals surface area contributed by atoms with Gasteiger partial charge in [-0.25, -0.2) is 10.8 Å². The molecule has 1 atom stereocenters. The highest BCUT2D eigenvalue weighted by Gasteiger charge is 2.23. The summed E-state index contributed by atoms with van der Waals surface area (Å²) < 4.78 is 0. The van der Waals surface area contributed by atoms with Crippen molar-refractivity contribution in [1.82, 2.24) is 15.2 Å². The van der Waals surface area contributed by atoms with Crippen LogP contribution in [0.2, 0.25) is 0 Å². The molecule has 0 bridgehead atoms. The van der Waals surface area contributed by atoms with E-state index < -0.39 is 0 Å². The van der Waals surface area contributed by atoms with Crippen molar-refractivity contribution < 1.29 is 0 Å². The topological polar surface area (TPSA) is 56.9 Å². The number of rotatable bonds is 3. The molecular formula is C14H29N5. The number of nitrogens with two attached hydrogens (primary N) is 1. The first-order valence-electron chi connectivity index (χ1n) is 7.78. The highest BCUT2D eigenvalue weighted by molar-refractivity contribution is 5.79. The average molecular weight is 267 g/mol. The number of hydrazine groups is 1. The quantitative estimate of drug-likeness (QED) is 0.349. The smallest absolute Gasteiger partial charge is 0.208 e. The summed E-state index contributed by atoms with van der Waals surface area (Å²) in [5.41, 5.74) is 2.81. The van der Waals surface area contributed by atoms with Gasteiger partial charge in [-0.05, 0) is 26.2 Å². The molecule has 1 heterocycles. The molecule has 1 unspecified atom stereocenters. The molecule has 5 heteroatoms. The second kappa shape index (κ2) is 7.10. The highest BCUT2D eigenvalue weighted by atomic mass is 15.4. The van der Waals surface area contributed by atoms with Gasteiger partial charge >= 0.3 is 0 Å². The Morgan fingerprint density at radius 2 is 1.89 bits per heavy atom. The van der Waals surface area contributed by atoms with E-state index in [1.54, 1.807) is 0 Å². The molecule has 0 aromatic heterocycles. The normalized spacial score (nSPS) is 24.8. The van der Waals surface area contributed by atoms with Crippen LogP contribution in [0.3, 0.4) is 0 Å². The summed E-state index contributed by atoms with van der Waals surface area (Å²) in [6.07, 6.45) is 6.29. The molecule has 0 radical (unpaired) electrons. The zero-order chi connectivity index (χ0) is 13.7. The summed E-state index contributed by atoms with van der Waals surface area (Å²) in [4.78, 5) is 9.65. The summed E-state index contributed by atoms with van der Waals surface area (Å²) in [5, 5.41) is 0. The molecule has 5 nitrogen and oxygen atoms in total. The molecule has 2 aliphatic rings. The van der Waals surface area contributed by atoms with Crippen LogP contribution in [-0.2, 0) is 0 Å². The molecule has 1 aliphatic carbocycles. The summed E-state index contributed by atoms with van der Waals surface area (Å²) in [6, 6.07) is 1.17. The van der Waals surface area contributed by atoms with Gasteiger partial charge < -0.3 is 4.90 Å². The van der Waals surface area contributed by atoms with E-state index in [0.717, 1.165) is 32.1 Å². The Morgan fingerprint density at radius 1 is 1.26 bits per heavy atom. The van der Waals surface area contributed by atoms with Crippen LogP contribution in [0, 0.1) is 0 Å². The van der Waals surface area contributed by atoms with Crippen LogP contribution in [0.15, 0.2) is 4.99 Å². The maximum Gasteiger partial charge on any atom is 0.208 e. The van der Waals surface area contributed by atoms with Crippen molar-refractivity contribution in [1.29, 1.82) is 0 Å². The third-order valence-electron chi connectivity index (χ3n) is 4.59. The first-order valence-corrected chi connectivity index (χ1v) is 7.78. The lowest BCUT2D eigenvalue weighted by atomic mass is 10.2. The summed E-state index contributed by atoms with van der Waals surface area (Å²) >= 11 is 0. The molecule has 110 valence electrons. The molecule has 0 amide bonds. The Kier molecular flexibility index (Phi) is 5.45. The molecule has 1 saturated carbocycles. The first-order chi connectivity index (χ1) is 9.24. The fourth-order valence-electron chi connectivity index (χ4n) is 3.05. The van der Waals surface area contributed by atoms with Gasteiger partial charge in [-0.15, -0.1) is 0 Å². The lowest BCUT2D eigenvalue weighted by Gasteiger charge is -2.39. The lowest BCUT2D eigenvalue weighted by molar-refractivity contribution is 0.135. The minimum absolute atomic E-state index is 0.485. The lowest BCUT2D eigenvalue weighted by Crippen LogP contribution is -2.55. The molecule has 0 spiro atoms. The van der Waals surface area contributed by atoms with Gasteiger partial charge in [-0.1, -0.05) is 19.8 Å². The number of hydrogen-bond acceptors (Lipinski definition) is 3. The van der Waals surface area contributed by atoms with E-state index in [1.165, 1.54) is 32.1 Å². The monoisotopic (exact) mass is 267 g/mol. The molecule has 19 heavy (non-hydrogen) atoms. The largest absolute Gasteiger partial charge is 0.339 e. The van der Waals surface area contributed by atoms with E-state index >= 15 is 0 Å². The van der Waals surface area contributed by atoms with Gasteiger partial charge in [0.2, 0.25) is 5.96 Å². The molecule has 3 N–H and O–H groups in total. The van der Waals surface area contributed by atoms with Crippen molar-refractivity contribution in [2.75, 3.05) is 26.2 Å². The minimum atomic E-state index is 0.485. The van der Waals surface area contributed by atoms with Gasteiger partial charge in [0.15, 0.2) is 0 Å². The molecule has 2 rings (SSSR count). The third-order valence-corrected chi connectivity index (χ3v) is 4.59. The Labute approximate surface area is 117 Å². The van der Waals surface area contributed by atoms with Crippen molar-refractivity contribution in [2.24, 2.45) is 10.8 Å². The van der Waals surface area contributed by atoms with Crippen LogP contribution in [-0.4, -0.2) is 54.0 Å². The SMILES string of the molecule is CCC(C)N1CCN(C(=NC2CCCC2)NN)CC1. The molecular weight excluding hydrogens is 238 g/mol. The van der Waals surface area contributed by atoms with E-state index in [9.17, 15) is 0 Å². The average Bonchev–Trinajstić information content (AvgIpc) is 2.97. The van der Waals surface area contributed by atoms with Gasteiger partial charge in [0.25, 0.3) is 0 Å². The predicted molar refractivity (Wildman–Crippen MR) is 79.9 cm³/mol. The zero-order valence-electron chi connectivity index (χ0n) is 12.4. The number of nitrogens with one attached hydrogen (secondary N) is 1. The Morgan fingerprint density at radius 3 is 2.42 bits per heavy atom. The Bertz CT molecular complexity index is 290. The van der Waals surface area contributed by atoms with Gasteiger partial charge in [0, 0.05) is 32.2 Å². The Hall–Kier alpha value is -0.810. The number of hydrogen-bond donors (Lipinski definition) is 2. The summed E-state index contributed by atoms with van der Waals surface area (Å²) in [5.74, 6) is 6.57. The van der Waals surface area contributed by atoms with Crippen LogP contribution < -0.4 is 11.3 Å². The molecule has 1 saturated heterocycles. The highest BCUT2D eigenvalue weighted by Crippen LogP contribution is 2.21. The van der Waals surface area contributed by atoms with Crippen molar-refractivity contribution in [2.45, 2.75) is 58.0 Å². The van der Waals surface area contributed by atoms with Crippen molar-refractivity contribution in [3.8, 4) is 0 Å². The predicted octanol–water partition coefficient (Wildman–Crippen LogP) is 1.16. The van der Waals surface area contributed by atoms with Crippen LogP contribution in [0.5, 0.6) is 0 Å². The van der Waals surface area contributed by atoms with Gasteiger partial charge in [0.1, 0.15) is 0 Å². The Balaban J connectivity index is 1.87. The van der Waals surface area contributed by atoms with E-state index in [-0.39, 0.29) is 0 Å². The number of piperazine rings is 1. The molecule has 0 aromatic rings. The first kappa shape index (κ1) is 14.6. The van der Waals surface area contributed by atoms with Crippen molar-refractivity contribution in [3.63, 3.8) is 0 Å². The summed E-state index contributed by atoms with van der Waals surface area (Å²) in [7, 11) is 0. The maximum absolute atomic E-state index is 5.67. The second-order valence-electron chi connectivity index (χ2n) is 5.82. The second-order valence-corrected chi connectivity index (χ2v) is 5.82. The molecule has 1 aliphatic heterocycles. The van der Waals surface area contributed by atoms with Crippen LogP contribution in [0.25, 0.3) is 0 Å². The van der Waals surface area contributed by atoms with Crippen molar-refractivity contribution >= 4 is 5.96 Å². The zero-order valence-corrected chi connectivity index (χ0v) is 12.4. The van der Waals surface area contributed by atoms with Crippen LogP contribution >= 0.6 is 0 Å². The van der Waals surface area contributed by atoms with Gasteiger partial charge in [0.05, 0.1) is 6.04 Å². The van der Waals surface area contributed by atoms with Gasteiger partial charge in [-0.2, -0.15) is 0 Å². The molecule has 2 fully saturated rings. The van der Waals surface area contributed by atoms with E-state index in [4.69, 9.17) is 10.8 Å². The fraction of sp³-hybridized carbons (Fsp3) is 0.929. The number of aliphatic imine (C=N–C) groups is 1. The van der Waals surface area contributed by atoms with Crippen molar-refractivity contribution in [3.05, 3.63) is 0 Å². The maximum atomic E-state index is 5.67. The fourth-order valence-corrected chi connectivity index (χ4v) is 3.05. The number of nitrogens with zero attached hydrogens (tertiary/aromatic N) is 3. The minimum Gasteiger partial charge on any atom is -0.339 e. The van der Waals surface area contributed by atoms with E-state index in [1.807, 2.05) is 0 Å². The van der Waals surface area contributed by atoms with E-state index in [2.05, 4.69) is 29.1 Å². The number of guanidine groups is 1. The van der Waals surface area contributed by atoms with E-state index in [0.29, 0.717) is 12.1 Å². The third kappa shape index (κ3) is 3.83. The molecule has 0 aromatic carbocycles.